The van der Waals surface area contributed by atoms with Gasteiger partial charge in [0.05, 0.1) is 13.1 Å². The fourth-order valence-corrected chi connectivity index (χ4v) is 6.49. The zero-order chi connectivity index (χ0) is 35.5. The third-order valence-electron chi connectivity index (χ3n) is 8.71. The summed E-state index contributed by atoms with van der Waals surface area (Å²) < 4.78 is 0. The monoisotopic (exact) mass is 725 g/mol. The number of nitrogens with one attached hydrogen (secondary N) is 1. The third-order valence-corrected chi connectivity index (χ3v) is 8.71. The molecule has 0 atom stereocenters. The van der Waals surface area contributed by atoms with Crippen LogP contribution in [0.1, 0.15) is 118 Å². The molecule has 1 saturated carbocycles. The van der Waals surface area contributed by atoms with Gasteiger partial charge in [0.15, 0.2) is 0 Å². The van der Waals surface area contributed by atoms with E-state index in [4.69, 9.17) is 30.2 Å². The topological polar surface area (TPSA) is 157 Å². The Kier molecular flexibility index (Phi) is 21.4. The molecule has 5 rings (SSSR count). The molecule has 2 aromatic rings. The van der Waals surface area contributed by atoms with Gasteiger partial charge in [0.1, 0.15) is 18.0 Å². The van der Waals surface area contributed by atoms with Crippen LogP contribution in [0.5, 0.6) is 11.5 Å². The largest absolute Gasteiger partial charge is 0.810 e. The maximum absolute atomic E-state index is 10.7. The molecule has 1 aliphatic carbocycles. The number of aliphatic imine (C=N–C) groups is 1. The van der Waals surface area contributed by atoms with Crippen molar-refractivity contribution in [3.8, 4) is 11.5 Å². The number of carboxylic acid groups (broad SMARTS) is 2. The fourth-order valence-electron chi connectivity index (χ4n) is 6.49. The molecule has 0 aromatic heterocycles. The van der Waals surface area contributed by atoms with Crippen molar-refractivity contribution in [3.63, 3.8) is 0 Å². The van der Waals surface area contributed by atoms with Crippen molar-refractivity contribution < 1.29 is 51.7 Å². The smallest absolute Gasteiger partial charge is 0.300 e. The number of rotatable bonds is 7. The number of phenolic OH excluding ortho intramolecular Hbond substituents is 2. The number of carbonyl (C=O) groups is 2. The van der Waals surface area contributed by atoms with Crippen molar-refractivity contribution in [2.45, 2.75) is 117 Å². The predicted octanol–water partition coefficient (Wildman–Crippen LogP) is 5.88. The van der Waals surface area contributed by atoms with E-state index >= 15 is 0 Å². The van der Waals surface area contributed by atoms with E-state index in [1.165, 1.54) is 94.2 Å². The van der Waals surface area contributed by atoms with Crippen LogP contribution in [-0.4, -0.2) is 81.9 Å². The molecule has 3 fully saturated rings. The molecule has 5 N–H and O–H groups in total. The summed E-state index contributed by atoms with van der Waals surface area (Å²) in [5, 5.41) is 44.6. The molecule has 2 heterocycles. The average Bonchev–Trinajstić information content (AvgIpc) is 3.05. The first-order valence-electron chi connectivity index (χ1n) is 17.5. The quantitative estimate of drug-likeness (QED) is 0.223. The summed E-state index contributed by atoms with van der Waals surface area (Å²) in [6.07, 6.45) is 17.0. The van der Waals surface area contributed by atoms with E-state index in [0.717, 1.165) is 68.5 Å². The Morgan fingerprint density at radius 1 is 0.796 bits per heavy atom. The molecule has 3 aliphatic rings. The van der Waals surface area contributed by atoms with Gasteiger partial charge in [0.2, 0.25) is 0 Å². The van der Waals surface area contributed by atoms with Crippen LogP contribution in [0.2, 0.25) is 0 Å². The van der Waals surface area contributed by atoms with Crippen LogP contribution in [0.3, 0.4) is 0 Å². The number of carboxylic acids is 2. The van der Waals surface area contributed by atoms with E-state index in [-0.39, 0.29) is 22.5 Å². The van der Waals surface area contributed by atoms with Gasteiger partial charge in [0, 0.05) is 66.1 Å². The molecule has 2 aromatic carbocycles. The standard InChI is InChI=1S/C20H30N2O.C14H19N2O.2C2H4O2.Co/c1-16-12-17(14-21-19-8-4-2-5-9-19)20(23)18(13-16)15-22-10-6-3-7-11-22;1-11-7-12(9-15)14(17)13(8-11)10-16-5-3-2-4-6-16;2*1-2(3)4;/h12-14,19,23H,2-11,15H2,1H3;7-9,17H,2-6,10H2,1H3;2*1H3,(H,3,4);/q;-1;;;/p+1. The summed E-state index contributed by atoms with van der Waals surface area (Å²) in [5.41, 5.74) is 5.70. The number of likely N-dealkylation sites (tertiary alicyclic amines) is 2. The van der Waals surface area contributed by atoms with Crippen LogP contribution >= 0.6 is 0 Å². The minimum atomic E-state index is -0.833. The van der Waals surface area contributed by atoms with Gasteiger partial charge in [-0.2, -0.15) is 6.21 Å². The number of benzene rings is 2. The van der Waals surface area contributed by atoms with Crippen molar-refractivity contribution >= 4 is 24.4 Å². The Balaban J connectivity index is 0.000000406. The van der Waals surface area contributed by atoms with Crippen molar-refractivity contribution in [1.82, 2.24) is 4.90 Å². The summed E-state index contributed by atoms with van der Waals surface area (Å²) in [7, 11) is 0. The number of quaternary nitrogens is 1. The molecule has 10 nitrogen and oxygen atoms in total. The summed E-state index contributed by atoms with van der Waals surface area (Å²) in [4.78, 5) is 26.7. The Morgan fingerprint density at radius 2 is 1.27 bits per heavy atom. The van der Waals surface area contributed by atoms with Crippen molar-refractivity contribution in [2.75, 3.05) is 26.2 Å². The molecular formula is C38H58CoN4O6. The number of aliphatic carboxylic acids is 2. The van der Waals surface area contributed by atoms with Crippen LogP contribution in [0.4, 0.5) is 0 Å². The number of nitrogens with zero attached hydrogens (tertiary/aromatic N) is 3. The van der Waals surface area contributed by atoms with E-state index in [9.17, 15) is 10.2 Å². The van der Waals surface area contributed by atoms with Crippen molar-refractivity contribution in [3.05, 3.63) is 63.1 Å². The van der Waals surface area contributed by atoms with Crippen molar-refractivity contribution in [1.29, 1.82) is 0 Å². The van der Waals surface area contributed by atoms with E-state index in [0.29, 0.717) is 17.4 Å². The number of hydrogen-bond donors (Lipinski definition) is 5. The van der Waals surface area contributed by atoms with Gasteiger partial charge in [-0.1, -0.05) is 37.8 Å². The van der Waals surface area contributed by atoms with Gasteiger partial charge in [-0.05, 0) is 101 Å². The van der Waals surface area contributed by atoms with E-state index in [1.807, 2.05) is 19.2 Å². The van der Waals surface area contributed by atoms with Gasteiger partial charge >= 0.3 is 0 Å². The van der Waals surface area contributed by atoms with Gasteiger partial charge in [0.25, 0.3) is 11.9 Å². The molecule has 0 spiro atoms. The molecule has 2 aliphatic heterocycles. The second-order valence-corrected chi connectivity index (χ2v) is 13.3. The summed E-state index contributed by atoms with van der Waals surface area (Å²) in [5.74, 6) is -1.00. The minimum absolute atomic E-state index is 0. The van der Waals surface area contributed by atoms with Crippen LogP contribution in [-0.2, 0) is 39.5 Å². The molecular weight excluding hydrogens is 667 g/mol. The normalized spacial score (nSPS) is 16.8. The average molecular weight is 726 g/mol. The first kappa shape index (κ1) is 43.8. The Morgan fingerprint density at radius 3 is 1.82 bits per heavy atom. The molecule has 1 radical (unpaired) electrons. The maximum Gasteiger partial charge on any atom is 0.300 e. The molecule has 0 unspecified atom stereocenters. The van der Waals surface area contributed by atoms with Crippen LogP contribution in [0, 0.1) is 13.8 Å². The Bertz CT molecular complexity index is 1310. The van der Waals surface area contributed by atoms with Crippen molar-refractivity contribution in [2.24, 2.45) is 4.99 Å². The maximum atomic E-state index is 10.7. The van der Waals surface area contributed by atoms with Gasteiger partial charge in [-0.15, -0.1) is 0 Å². The molecule has 275 valence electrons. The Labute approximate surface area is 303 Å². The molecule has 0 amide bonds. The molecule has 49 heavy (non-hydrogen) atoms. The predicted molar refractivity (Wildman–Crippen MR) is 193 cm³/mol. The molecule has 0 bridgehead atoms. The first-order valence-corrected chi connectivity index (χ1v) is 17.5. The second-order valence-electron chi connectivity index (χ2n) is 13.3. The van der Waals surface area contributed by atoms with Crippen LogP contribution in [0.25, 0.3) is 5.41 Å². The van der Waals surface area contributed by atoms with E-state index < -0.39 is 11.9 Å². The first-order chi connectivity index (χ1) is 22.9. The number of hydrogen-bond acceptors (Lipinski definition) is 6. The molecule has 2 saturated heterocycles. The van der Waals surface area contributed by atoms with Gasteiger partial charge in [-0.25, -0.2) is 0 Å². The number of aryl methyl sites for hydroxylation is 2. The van der Waals surface area contributed by atoms with E-state index in [2.05, 4.69) is 24.0 Å². The van der Waals surface area contributed by atoms with Crippen LogP contribution < -0.4 is 4.90 Å². The molecule has 11 heteroatoms. The third kappa shape index (κ3) is 17.8. The van der Waals surface area contributed by atoms with E-state index in [1.54, 1.807) is 6.07 Å². The zero-order valence-corrected chi connectivity index (χ0v) is 30.9. The minimum Gasteiger partial charge on any atom is -0.810 e. The van der Waals surface area contributed by atoms with Crippen LogP contribution in [0.15, 0.2) is 29.3 Å². The van der Waals surface area contributed by atoms with Gasteiger partial charge in [-0.3, -0.25) is 19.5 Å². The number of piperidine rings is 2. The summed E-state index contributed by atoms with van der Waals surface area (Å²) in [6.45, 7) is 12.7. The number of aromatic hydroxyl groups is 2. The second kappa shape index (κ2) is 24.0. The number of phenols is 2. The zero-order valence-electron chi connectivity index (χ0n) is 29.8. The fraction of sp³-hybridized carbons (Fsp3) is 0.579. The Hall–Kier alpha value is -3.25. The summed E-state index contributed by atoms with van der Waals surface area (Å²) >= 11 is 0. The summed E-state index contributed by atoms with van der Waals surface area (Å²) in [6, 6.07) is 8.45. The SMILES string of the molecule is CC(=O)O.CC(=O)O.Cc1cc(C=NC2CCCCC2)c(O)c(CN2CCCCC2)c1.Cc1cc(C=[N-])c(O)c(C[NH+]2CCCCC2)c1.[Co]. The van der Waals surface area contributed by atoms with Gasteiger partial charge < -0.3 is 30.7 Å².